The van der Waals surface area contributed by atoms with Crippen molar-refractivity contribution in [3.05, 3.63) is 0 Å². The molecule has 1 heteroatoms. The van der Waals surface area contributed by atoms with Gasteiger partial charge in [0.25, 0.3) is 0 Å². The highest BCUT2D eigenvalue weighted by atomic mass is 32.2. The molecule has 0 nitrogen and oxygen atoms in total. The van der Waals surface area contributed by atoms with E-state index in [0.29, 0.717) is 4.75 Å². The maximum absolute atomic E-state index is 2.39. The average Bonchev–Trinajstić information content (AvgIpc) is 2.04. The standard InChI is InChI=1S/C12H26S/c1-7-8-10(2)9-11(3)12(4,5)13-6/h10-11H,7-9H2,1-6H3. The fourth-order valence-electron chi connectivity index (χ4n) is 1.70. The van der Waals surface area contributed by atoms with E-state index in [2.05, 4.69) is 40.9 Å². The molecule has 0 aliphatic carbocycles. The van der Waals surface area contributed by atoms with Crippen LogP contribution in [0.1, 0.15) is 53.9 Å². The van der Waals surface area contributed by atoms with Crippen molar-refractivity contribution in [2.75, 3.05) is 6.26 Å². The van der Waals surface area contributed by atoms with Gasteiger partial charge in [-0.3, -0.25) is 0 Å². The van der Waals surface area contributed by atoms with Crippen molar-refractivity contribution in [3.63, 3.8) is 0 Å². The van der Waals surface area contributed by atoms with Crippen molar-refractivity contribution < 1.29 is 0 Å². The van der Waals surface area contributed by atoms with Crippen LogP contribution in [0.25, 0.3) is 0 Å². The summed E-state index contributed by atoms with van der Waals surface area (Å²) in [5.74, 6) is 1.72. The van der Waals surface area contributed by atoms with E-state index in [9.17, 15) is 0 Å². The van der Waals surface area contributed by atoms with Crippen LogP contribution in [0.15, 0.2) is 0 Å². The van der Waals surface area contributed by atoms with Crippen LogP contribution in [0.3, 0.4) is 0 Å². The van der Waals surface area contributed by atoms with Crippen molar-refractivity contribution in [1.29, 1.82) is 0 Å². The Bertz CT molecular complexity index is 129. The van der Waals surface area contributed by atoms with Crippen LogP contribution in [-0.2, 0) is 0 Å². The Morgan fingerprint density at radius 1 is 1.23 bits per heavy atom. The van der Waals surface area contributed by atoms with Crippen LogP contribution < -0.4 is 0 Å². The first kappa shape index (κ1) is 13.4. The highest BCUT2D eigenvalue weighted by Gasteiger charge is 2.25. The summed E-state index contributed by atoms with van der Waals surface area (Å²) < 4.78 is 0.446. The van der Waals surface area contributed by atoms with Gasteiger partial charge >= 0.3 is 0 Å². The van der Waals surface area contributed by atoms with Crippen molar-refractivity contribution in [2.24, 2.45) is 11.8 Å². The SMILES string of the molecule is CCCC(C)CC(C)C(C)(C)SC. The van der Waals surface area contributed by atoms with E-state index < -0.39 is 0 Å². The molecule has 2 atom stereocenters. The van der Waals surface area contributed by atoms with Gasteiger partial charge in [0.1, 0.15) is 0 Å². The molecule has 13 heavy (non-hydrogen) atoms. The molecule has 0 aromatic rings. The molecule has 80 valence electrons. The predicted octanol–water partition coefficient (Wildman–Crippen LogP) is 4.59. The Balaban J connectivity index is 3.91. The molecule has 0 spiro atoms. The monoisotopic (exact) mass is 202 g/mol. The number of rotatable bonds is 6. The van der Waals surface area contributed by atoms with Gasteiger partial charge in [-0.1, -0.05) is 47.5 Å². The van der Waals surface area contributed by atoms with E-state index >= 15 is 0 Å². The van der Waals surface area contributed by atoms with Crippen LogP contribution in [0.2, 0.25) is 0 Å². The highest BCUT2D eigenvalue weighted by Crippen LogP contribution is 2.34. The molecular formula is C12H26S. The molecule has 0 aromatic heterocycles. The minimum Gasteiger partial charge on any atom is -0.159 e. The lowest BCUT2D eigenvalue weighted by atomic mass is 9.86. The van der Waals surface area contributed by atoms with Gasteiger partial charge in [0.15, 0.2) is 0 Å². The van der Waals surface area contributed by atoms with Gasteiger partial charge in [0.2, 0.25) is 0 Å². The third kappa shape index (κ3) is 4.95. The summed E-state index contributed by atoms with van der Waals surface area (Å²) in [7, 11) is 0. The normalized spacial score (nSPS) is 17.1. The zero-order valence-corrected chi connectivity index (χ0v) is 11.0. The van der Waals surface area contributed by atoms with E-state index in [1.165, 1.54) is 19.3 Å². The smallest absolute Gasteiger partial charge is 0.0126 e. The van der Waals surface area contributed by atoms with Gasteiger partial charge in [-0.15, -0.1) is 0 Å². The summed E-state index contributed by atoms with van der Waals surface area (Å²) in [6.45, 7) is 11.8. The first-order chi connectivity index (χ1) is 5.94. The third-order valence-corrected chi connectivity index (χ3v) is 4.70. The molecule has 0 saturated heterocycles. The highest BCUT2D eigenvalue weighted by molar-refractivity contribution is 7.99. The van der Waals surface area contributed by atoms with E-state index in [0.717, 1.165) is 11.8 Å². The van der Waals surface area contributed by atoms with E-state index in [1.807, 2.05) is 11.8 Å². The number of thioether (sulfide) groups is 1. The van der Waals surface area contributed by atoms with Crippen LogP contribution in [0, 0.1) is 11.8 Å². The van der Waals surface area contributed by atoms with Crippen LogP contribution in [0.4, 0.5) is 0 Å². The van der Waals surface area contributed by atoms with Gasteiger partial charge in [-0.25, -0.2) is 0 Å². The molecule has 0 heterocycles. The maximum Gasteiger partial charge on any atom is 0.0126 e. The molecule has 0 saturated carbocycles. The largest absolute Gasteiger partial charge is 0.159 e. The molecule has 2 unspecified atom stereocenters. The van der Waals surface area contributed by atoms with Gasteiger partial charge in [0.05, 0.1) is 0 Å². The minimum absolute atomic E-state index is 0.446. The fraction of sp³-hybridized carbons (Fsp3) is 1.00. The lowest BCUT2D eigenvalue weighted by Crippen LogP contribution is -2.26. The first-order valence-corrected chi connectivity index (χ1v) is 6.71. The van der Waals surface area contributed by atoms with Gasteiger partial charge in [0, 0.05) is 4.75 Å². The molecule has 0 radical (unpaired) electrons. The minimum atomic E-state index is 0.446. The van der Waals surface area contributed by atoms with E-state index in [4.69, 9.17) is 0 Å². The van der Waals surface area contributed by atoms with Crippen molar-refractivity contribution in [1.82, 2.24) is 0 Å². The number of hydrogen-bond acceptors (Lipinski definition) is 1. The maximum atomic E-state index is 2.39. The Kier molecular flexibility index (Phi) is 6.11. The zero-order chi connectivity index (χ0) is 10.5. The van der Waals surface area contributed by atoms with Crippen LogP contribution >= 0.6 is 11.8 Å². The predicted molar refractivity (Wildman–Crippen MR) is 65.4 cm³/mol. The van der Waals surface area contributed by atoms with Gasteiger partial charge < -0.3 is 0 Å². The zero-order valence-electron chi connectivity index (χ0n) is 10.2. The summed E-state index contributed by atoms with van der Waals surface area (Å²) in [5.41, 5.74) is 0. The van der Waals surface area contributed by atoms with Crippen LogP contribution in [0.5, 0.6) is 0 Å². The first-order valence-electron chi connectivity index (χ1n) is 5.49. The second-order valence-electron chi connectivity index (χ2n) is 4.84. The number of hydrogen-bond donors (Lipinski definition) is 0. The molecule has 0 aliphatic rings. The molecule has 0 aliphatic heterocycles. The summed E-state index contributed by atoms with van der Waals surface area (Å²) >= 11 is 2.00. The Labute approximate surface area is 88.9 Å². The molecule has 0 amide bonds. The lowest BCUT2D eigenvalue weighted by Gasteiger charge is -2.31. The third-order valence-electron chi connectivity index (χ3n) is 3.25. The molecule has 0 rings (SSSR count). The van der Waals surface area contributed by atoms with Crippen molar-refractivity contribution in [3.8, 4) is 0 Å². The molecule has 0 fully saturated rings. The molecule has 0 N–H and O–H groups in total. The van der Waals surface area contributed by atoms with Gasteiger partial charge in [-0.2, -0.15) is 11.8 Å². The molecular weight excluding hydrogens is 176 g/mol. The topological polar surface area (TPSA) is 0 Å². The van der Waals surface area contributed by atoms with Crippen molar-refractivity contribution in [2.45, 2.75) is 58.6 Å². The Morgan fingerprint density at radius 3 is 2.15 bits per heavy atom. The molecule has 0 bridgehead atoms. The van der Waals surface area contributed by atoms with Crippen LogP contribution in [-0.4, -0.2) is 11.0 Å². The van der Waals surface area contributed by atoms with E-state index in [1.54, 1.807) is 0 Å². The summed E-state index contributed by atoms with van der Waals surface area (Å²) in [4.78, 5) is 0. The van der Waals surface area contributed by atoms with Crippen molar-refractivity contribution >= 4 is 11.8 Å². The molecule has 0 aromatic carbocycles. The Morgan fingerprint density at radius 2 is 1.77 bits per heavy atom. The summed E-state index contributed by atoms with van der Waals surface area (Å²) in [5, 5.41) is 0. The lowest BCUT2D eigenvalue weighted by molar-refractivity contribution is 0.344. The van der Waals surface area contributed by atoms with Gasteiger partial charge in [-0.05, 0) is 24.5 Å². The average molecular weight is 202 g/mol. The second-order valence-corrected chi connectivity index (χ2v) is 6.30. The second kappa shape index (κ2) is 5.95. The summed E-state index contributed by atoms with van der Waals surface area (Å²) in [6.07, 6.45) is 6.31. The van der Waals surface area contributed by atoms with E-state index in [-0.39, 0.29) is 0 Å². The Hall–Kier alpha value is 0.350. The fourth-order valence-corrected chi connectivity index (χ4v) is 2.20. The quantitative estimate of drug-likeness (QED) is 0.607. The summed E-state index contributed by atoms with van der Waals surface area (Å²) in [6, 6.07) is 0.